The van der Waals surface area contributed by atoms with Crippen molar-refractivity contribution in [1.29, 1.82) is 0 Å². The molecule has 146 valence electrons. The fraction of sp³-hybridized carbons (Fsp3) is 0.125. The third-order valence-electron chi connectivity index (χ3n) is 3.34. The summed E-state index contributed by atoms with van der Waals surface area (Å²) in [6, 6.07) is 7.65. The number of carbonyl (C=O) groups excluding carboxylic acids is 1. The summed E-state index contributed by atoms with van der Waals surface area (Å²) in [5.74, 6) is -0.252. The summed E-state index contributed by atoms with van der Waals surface area (Å²) in [7, 11) is 0. The van der Waals surface area contributed by atoms with Crippen molar-refractivity contribution in [2.75, 3.05) is 11.1 Å². The summed E-state index contributed by atoms with van der Waals surface area (Å²) < 4.78 is 37.8. The quantitative estimate of drug-likeness (QED) is 0.542. The van der Waals surface area contributed by atoms with Crippen LogP contribution in [0, 0.1) is 0 Å². The van der Waals surface area contributed by atoms with Gasteiger partial charge in [0.15, 0.2) is 11.6 Å². The highest BCUT2D eigenvalue weighted by Gasteiger charge is 2.31. The van der Waals surface area contributed by atoms with Crippen LogP contribution in [0.2, 0.25) is 10.0 Å². The van der Waals surface area contributed by atoms with Gasteiger partial charge in [-0.3, -0.25) is 9.89 Å². The lowest BCUT2D eigenvalue weighted by atomic mass is 10.2. The van der Waals surface area contributed by atoms with Crippen molar-refractivity contribution in [3.8, 4) is 11.4 Å². The number of anilines is 1. The lowest BCUT2D eigenvalue weighted by Crippen LogP contribution is -2.16. The van der Waals surface area contributed by atoms with Crippen molar-refractivity contribution < 1.29 is 18.0 Å². The maximum atomic E-state index is 12.6. The van der Waals surface area contributed by atoms with Gasteiger partial charge in [0, 0.05) is 16.8 Å². The van der Waals surface area contributed by atoms with Crippen LogP contribution >= 0.6 is 35.0 Å². The molecule has 1 aromatic carbocycles. The molecule has 0 fully saturated rings. The molecule has 2 aromatic heterocycles. The molecule has 0 aliphatic rings. The zero-order valence-corrected chi connectivity index (χ0v) is 16.0. The Balaban J connectivity index is 1.58. The second kappa shape index (κ2) is 8.38. The normalized spacial score (nSPS) is 11.5. The number of aromatic amines is 1. The van der Waals surface area contributed by atoms with Crippen molar-refractivity contribution in [3.63, 3.8) is 0 Å². The number of nitrogens with one attached hydrogen (secondary N) is 2. The van der Waals surface area contributed by atoms with Crippen LogP contribution < -0.4 is 5.32 Å². The van der Waals surface area contributed by atoms with E-state index in [0.29, 0.717) is 28.3 Å². The molecule has 6 nitrogen and oxygen atoms in total. The van der Waals surface area contributed by atoms with E-state index in [4.69, 9.17) is 23.2 Å². The average Bonchev–Trinajstić information content (AvgIpc) is 3.10. The fourth-order valence-electron chi connectivity index (χ4n) is 2.03. The summed E-state index contributed by atoms with van der Waals surface area (Å²) in [4.78, 5) is 19.8. The number of amides is 1. The largest absolute Gasteiger partial charge is 0.417 e. The van der Waals surface area contributed by atoms with Gasteiger partial charge in [-0.1, -0.05) is 35.0 Å². The number of benzene rings is 1. The van der Waals surface area contributed by atoms with E-state index in [0.717, 1.165) is 17.3 Å². The molecule has 0 saturated carbocycles. The molecule has 3 aromatic rings. The van der Waals surface area contributed by atoms with Crippen LogP contribution in [0.25, 0.3) is 11.4 Å². The van der Waals surface area contributed by atoms with Gasteiger partial charge in [0.25, 0.3) is 0 Å². The minimum absolute atomic E-state index is 0.0864. The van der Waals surface area contributed by atoms with Crippen LogP contribution in [0.1, 0.15) is 5.56 Å². The molecule has 0 aliphatic heterocycles. The number of alkyl halides is 3. The Kier molecular flexibility index (Phi) is 6.11. The van der Waals surface area contributed by atoms with E-state index in [1.54, 1.807) is 24.3 Å². The first-order valence-electron chi connectivity index (χ1n) is 7.56. The molecule has 0 bridgehead atoms. The highest BCUT2D eigenvalue weighted by atomic mass is 35.5. The van der Waals surface area contributed by atoms with Gasteiger partial charge in [0.05, 0.1) is 16.3 Å². The van der Waals surface area contributed by atoms with Gasteiger partial charge < -0.3 is 5.32 Å². The number of rotatable bonds is 5. The molecule has 28 heavy (non-hydrogen) atoms. The molecule has 0 radical (unpaired) electrons. The topological polar surface area (TPSA) is 83.6 Å². The van der Waals surface area contributed by atoms with E-state index < -0.39 is 17.6 Å². The number of pyridine rings is 1. The van der Waals surface area contributed by atoms with E-state index in [9.17, 15) is 18.0 Å². The number of hydrogen-bond donors (Lipinski definition) is 2. The van der Waals surface area contributed by atoms with E-state index >= 15 is 0 Å². The van der Waals surface area contributed by atoms with Gasteiger partial charge in [-0.25, -0.2) is 9.97 Å². The molecule has 0 atom stereocenters. The van der Waals surface area contributed by atoms with Crippen LogP contribution in [0.15, 0.2) is 41.7 Å². The summed E-state index contributed by atoms with van der Waals surface area (Å²) in [5, 5.41) is 9.70. The average molecular weight is 448 g/mol. The van der Waals surface area contributed by atoms with Crippen molar-refractivity contribution in [3.05, 3.63) is 52.1 Å². The fourth-order valence-corrected chi connectivity index (χ4v) is 2.97. The Hall–Kier alpha value is -2.30. The molecule has 0 aliphatic carbocycles. The van der Waals surface area contributed by atoms with E-state index in [-0.39, 0.29) is 16.6 Å². The minimum atomic E-state index is -4.57. The van der Waals surface area contributed by atoms with Gasteiger partial charge in [0.2, 0.25) is 11.1 Å². The first kappa shape index (κ1) is 20.4. The molecule has 12 heteroatoms. The molecule has 1 amide bonds. The Morgan fingerprint density at radius 1 is 1.21 bits per heavy atom. The second-order valence-electron chi connectivity index (χ2n) is 5.36. The summed E-state index contributed by atoms with van der Waals surface area (Å²) in [6.07, 6.45) is -3.97. The molecular weight excluding hydrogens is 438 g/mol. The Labute approximate surface area is 170 Å². The minimum Gasteiger partial charge on any atom is -0.309 e. The van der Waals surface area contributed by atoms with Crippen LogP contribution in [-0.2, 0) is 11.0 Å². The zero-order chi connectivity index (χ0) is 20.3. The van der Waals surface area contributed by atoms with E-state index in [1.165, 1.54) is 0 Å². The van der Waals surface area contributed by atoms with Crippen molar-refractivity contribution in [2.24, 2.45) is 0 Å². The number of thioether (sulfide) groups is 1. The van der Waals surface area contributed by atoms with Crippen LogP contribution in [0.5, 0.6) is 0 Å². The Bertz CT molecular complexity index is 995. The Morgan fingerprint density at radius 2 is 1.93 bits per heavy atom. The van der Waals surface area contributed by atoms with Crippen LogP contribution in [-0.4, -0.2) is 31.8 Å². The number of H-pyrrole nitrogens is 1. The number of hydrogen-bond acceptors (Lipinski definition) is 5. The molecule has 3 rings (SSSR count). The van der Waals surface area contributed by atoms with Gasteiger partial charge in [0.1, 0.15) is 0 Å². The monoisotopic (exact) mass is 447 g/mol. The smallest absolute Gasteiger partial charge is 0.309 e. The highest BCUT2D eigenvalue weighted by Crippen LogP contribution is 2.32. The molecule has 2 heterocycles. The van der Waals surface area contributed by atoms with Gasteiger partial charge in [-0.15, -0.1) is 5.10 Å². The van der Waals surface area contributed by atoms with Crippen molar-refractivity contribution in [1.82, 2.24) is 20.2 Å². The molecule has 0 saturated heterocycles. The predicted molar refractivity (Wildman–Crippen MR) is 100 cm³/mol. The van der Waals surface area contributed by atoms with Crippen molar-refractivity contribution >= 4 is 46.7 Å². The molecule has 0 spiro atoms. The maximum Gasteiger partial charge on any atom is 0.417 e. The van der Waals surface area contributed by atoms with Crippen LogP contribution in [0.4, 0.5) is 19.0 Å². The standard InChI is InChI=1S/C16H10Cl2F3N5OS/c17-10-3-1-8(2-4-10)13-24-15(26-25-13)28-7-12(27)23-14-11(18)5-9(6-22-14)16(19,20)21/h1-6H,7H2,(H,22,23,27)(H,24,25,26). The second-order valence-corrected chi connectivity index (χ2v) is 7.15. The highest BCUT2D eigenvalue weighted by molar-refractivity contribution is 7.99. The van der Waals surface area contributed by atoms with Gasteiger partial charge in [-0.2, -0.15) is 13.2 Å². The van der Waals surface area contributed by atoms with Crippen molar-refractivity contribution in [2.45, 2.75) is 11.3 Å². The predicted octanol–water partition coefficient (Wildman–Crippen LogP) is 4.92. The first-order chi connectivity index (χ1) is 13.2. The summed E-state index contributed by atoms with van der Waals surface area (Å²) in [6.45, 7) is 0. The van der Waals surface area contributed by atoms with Gasteiger partial charge >= 0.3 is 6.18 Å². The summed E-state index contributed by atoms with van der Waals surface area (Å²) >= 11 is 12.6. The van der Waals surface area contributed by atoms with Crippen LogP contribution in [0.3, 0.4) is 0 Å². The lowest BCUT2D eigenvalue weighted by Gasteiger charge is -2.09. The van der Waals surface area contributed by atoms with Gasteiger partial charge in [-0.05, 0) is 30.3 Å². The van der Waals surface area contributed by atoms with E-state index in [2.05, 4.69) is 25.5 Å². The maximum absolute atomic E-state index is 12.6. The number of nitrogens with zero attached hydrogens (tertiary/aromatic N) is 3. The number of carbonyl (C=O) groups is 1. The molecular formula is C16H10Cl2F3N5OS. The van der Waals surface area contributed by atoms with E-state index in [1.807, 2.05) is 0 Å². The molecule has 0 unspecified atom stereocenters. The number of halogens is 5. The Morgan fingerprint density at radius 3 is 2.57 bits per heavy atom. The lowest BCUT2D eigenvalue weighted by molar-refractivity contribution is -0.137. The SMILES string of the molecule is O=C(CSc1n[nH]c(-c2ccc(Cl)cc2)n1)Nc1ncc(C(F)(F)F)cc1Cl. The third-order valence-corrected chi connectivity index (χ3v) is 4.73. The first-order valence-corrected chi connectivity index (χ1v) is 9.30. The third kappa shape index (κ3) is 5.15. The zero-order valence-electron chi connectivity index (χ0n) is 13.7. The summed E-state index contributed by atoms with van der Waals surface area (Å²) in [5.41, 5.74) is -0.228. The number of aromatic nitrogens is 4. The molecule has 2 N–H and O–H groups in total.